The van der Waals surface area contributed by atoms with E-state index in [0.29, 0.717) is 30.0 Å². The fourth-order valence-corrected chi connectivity index (χ4v) is 3.35. The number of Topliss-reactive ketones (excluding diaryl/α,β-unsaturated/α-hetero) is 1. The quantitative estimate of drug-likeness (QED) is 0.384. The molecule has 168 valence electrons. The summed E-state index contributed by atoms with van der Waals surface area (Å²) in [6.07, 6.45) is 1.81. The minimum atomic E-state index is -0.939. The molecule has 1 heterocycles. The van der Waals surface area contributed by atoms with Gasteiger partial charge in [0.2, 0.25) is 0 Å². The third-order valence-corrected chi connectivity index (χ3v) is 4.97. The maximum Gasteiger partial charge on any atom is 0.333 e. The molecule has 0 unspecified atom stereocenters. The predicted molar refractivity (Wildman–Crippen MR) is 118 cm³/mol. The monoisotopic (exact) mass is 439 g/mol. The van der Waals surface area contributed by atoms with Crippen molar-refractivity contribution < 1.29 is 19.6 Å². The van der Waals surface area contributed by atoms with Gasteiger partial charge in [0.25, 0.3) is 5.69 Å². The summed E-state index contributed by atoms with van der Waals surface area (Å²) in [6, 6.07) is 13.1. The Balaban J connectivity index is 1.63. The first-order valence-electron chi connectivity index (χ1n) is 10.2. The van der Waals surface area contributed by atoms with Gasteiger partial charge in [-0.3, -0.25) is 19.2 Å². The number of hydrogen-bond acceptors (Lipinski definition) is 6. The Morgan fingerprint density at radius 2 is 1.94 bits per heavy atom. The number of imidazole rings is 1. The maximum absolute atomic E-state index is 12.8. The van der Waals surface area contributed by atoms with E-state index in [9.17, 15) is 24.8 Å². The van der Waals surface area contributed by atoms with Gasteiger partial charge in [-0.25, -0.2) is 4.79 Å². The Labute approximate surface area is 184 Å². The number of ketones is 1. The van der Waals surface area contributed by atoms with Crippen LogP contribution in [0.3, 0.4) is 0 Å². The van der Waals surface area contributed by atoms with Crippen LogP contribution in [-0.4, -0.2) is 37.7 Å². The van der Waals surface area contributed by atoms with E-state index in [-0.39, 0.29) is 24.6 Å². The fraction of sp³-hybridized carbons (Fsp3) is 0.304. The molecular weight excluding hydrogens is 414 g/mol. The van der Waals surface area contributed by atoms with E-state index in [4.69, 9.17) is 4.74 Å². The van der Waals surface area contributed by atoms with E-state index < -0.39 is 16.7 Å². The molecule has 0 radical (unpaired) electrons. The van der Waals surface area contributed by atoms with Crippen molar-refractivity contribution in [2.75, 3.05) is 6.61 Å². The van der Waals surface area contributed by atoms with Crippen LogP contribution in [0.1, 0.15) is 24.6 Å². The highest BCUT2D eigenvalue weighted by Gasteiger charge is 2.16. The smallest absolute Gasteiger partial charge is 0.333 e. The first-order valence-corrected chi connectivity index (χ1v) is 10.2. The Bertz CT molecular complexity index is 1160. The lowest BCUT2D eigenvalue weighted by Gasteiger charge is -2.13. The van der Waals surface area contributed by atoms with Gasteiger partial charge in [0.15, 0.2) is 0 Å². The number of benzene rings is 2. The molecule has 3 aromatic rings. The minimum absolute atomic E-state index is 0.0122. The highest BCUT2D eigenvalue weighted by Crippen LogP contribution is 2.17. The molecule has 2 aromatic carbocycles. The standard InChI is InChI=1S/C23H25N3O6/c1-16-13-24(23(29)25(16)19-4-3-5-20(12-19)26(30)31)14-21(28)15-32-22-10-8-18(9-11-22)7-6-17(2)27/h3-5,8-13,21,28H,6-7,14-15H2,1-2H3/t21-/m0/s1. The van der Waals surface area contributed by atoms with Crippen molar-refractivity contribution in [3.05, 3.63) is 86.6 Å². The molecule has 3 rings (SSSR count). The summed E-state index contributed by atoms with van der Waals surface area (Å²) in [5.41, 5.74) is 1.48. The van der Waals surface area contributed by atoms with Crippen molar-refractivity contribution in [1.82, 2.24) is 9.13 Å². The maximum atomic E-state index is 12.8. The second-order valence-corrected chi connectivity index (χ2v) is 7.63. The molecule has 0 aliphatic carbocycles. The van der Waals surface area contributed by atoms with E-state index in [1.807, 2.05) is 12.1 Å². The van der Waals surface area contributed by atoms with E-state index >= 15 is 0 Å². The lowest BCUT2D eigenvalue weighted by atomic mass is 10.1. The number of rotatable bonds is 10. The second-order valence-electron chi connectivity index (χ2n) is 7.63. The minimum Gasteiger partial charge on any atom is -0.491 e. The van der Waals surface area contributed by atoms with Crippen LogP contribution >= 0.6 is 0 Å². The molecule has 1 aromatic heterocycles. The van der Waals surface area contributed by atoms with Gasteiger partial charge < -0.3 is 14.6 Å². The molecule has 0 fully saturated rings. The number of carbonyl (C=O) groups excluding carboxylic acids is 1. The van der Waals surface area contributed by atoms with Gasteiger partial charge in [-0.2, -0.15) is 0 Å². The fourth-order valence-electron chi connectivity index (χ4n) is 3.35. The zero-order chi connectivity index (χ0) is 23.3. The Morgan fingerprint density at radius 3 is 2.59 bits per heavy atom. The second kappa shape index (κ2) is 10.1. The van der Waals surface area contributed by atoms with Gasteiger partial charge in [0.1, 0.15) is 24.2 Å². The molecule has 0 bridgehead atoms. The Hall–Kier alpha value is -3.72. The predicted octanol–water partition coefficient (Wildman–Crippen LogP) is 2.82. The summed E-state index contributed by atoms with van der Waals surface area (Å²) in [5, 5.41) is 21.4. The van der Waals surface area contributed by atoms with Crippen molar-refractivity contribution in [2.24, 2.45) is 0 Å². The number of non-ortho nitro benzene ring substituents is 1. The zero-order valence-corrected chi connectivity index (χ0v) is 17.9. The van der Waals surface area contributed by atoms with E-state index in [1.165, 1.54) is 27.3 Å². The topological polar surface area (TPSA) is 117 Å². The Morgan fingerprint density at radius 1 is 1.22 bits per heavy atom. The van der Waals surface area contributed by atoms with Crippen molar-refractivity contribution in [2.45, 2.75) is 39.3 Å². The van der Waals surface area contributed by atoms with E-state index in [0.717, 1.165) is 5.56 Å². The molecule has 1 atom stereocenters. The van der Waals surface area contributed by atoms with Crippen molar-refractivity contribution in [3.8, 4) is 11.4 Å². The van der Waals surface area contributed by atoms with Crippen LogP contribution in [0.4, 0.5) is 5.69 Å². The highest BCUT2D eigenvalue weighted by molar-refractivity contribution is 5.75. The zero-order valence-electron chi connectivity index (χ0n) is 17.9. The number of ether oxygens (including phenoxy) is 1. The molecule has 9 heteroatoms. The van der Waals surface area contributed by atoms with Gasteiger partial charge in [-0.1, -0.05) is 18.2 Å². The number of nitro benzene ring substituents is 1. The molecule has 0 saturated carbocycles. The number of aromatic nitrogens is 2. The third kappa shape index (κ3) is 5.70. The molecule has 1 N–H and O–H groups in total. The Kier molecular flexibility index (Phi) is 7.21. The molecule has 32 heavy (non-hydrogen) atoms. The molecule has 0 aliphatic rings. The first-order chi connectivity index (χ1) is 15.2. The molecule has 9 nitrogen and oxygen atoms in total. The van der Waals surface area contributed by atoms with Crippen LogP contribution in [0.25, 0.3) is 5.69 Å². The van der Waals surface area contributed by atoms with Crippen LogP contribution in [0, 0.1) is 17.0 Å². The SMILES string of the molecule is CC(=O)CCc1ccc(OC[C@@H](O)Cn2cc(C)n(-c3cccc([N+](=O)[O-])c3)c2=O)cc1. The van der Waals surface area contributed by atoms with Gasteiger partial charge in [-0.15, -0.1) is 0 Å². The summed E-state index contributed by atoms with van der Waals surface area (Å²) >= 11 is 0. The number of nitro groups is 1. The van der Waals surface area contributed by atoms with E-state index in [2.05, 4.69) is 0 Å². The number of carbonyl (C=O) groups is 1. The average Bonchev–Trinajstić information content (AvgIpc) is 3.04. The average molecular weight is 439 g/mol. The molecule has 0 aliphatic heterocycles. The molecule has 0 amide bonds. The highest BCUT2D eigenvalue weighted by atomic mass is 16.6. The lowest BCUT2D eigenvalue weighted by molar-refractivity contribution is -0.384. The largest absolute Gasteiger partial charge is 0.491 e. The van der Waals surface area contributed by atoms with Crippen LogP contribution in [0.2, 0.25) is 0 Å². The normalized spacial score (nSPS) is 11.8. The van der Waals surface area contributed by atoms with Crippen LogP contribution in [0.5, 0.6) is 5.75 Å². The lowest BCUT2D eigenvalue weighted by Crippen LogP contribution is -2.31. The van der Waals surface area contributed by atoms with Gasteiger partial charge in [0.05, 0.1) is 17.2 Å². The molecular formula is C23H25N3O6. The number of aryl methyl sites for hydroxylation is 2. The summed E-state index contributed by atoms with van der Waals surface area (Å²) < 4.78 is 8.33. The van der Waals surface area contributed by atoms with Crippen LogP contribution in [0.15, 0.2) is 59.5 Å². The number of nitrogens with zero attached hydrogens (tertiary/aromatic N) is 3. The summed E-state index contributed by atoms with van der Waals surface area (Å²) in [5.74, 6) is 0.714. The van der Waals surface area contributed by atoms with Gasteiger partial charge in [-0.05, 0) is 44.0 Å². The molecule has 0 saturated heterocycles. The number of hydrogen-bond donors (Lipinski definition) is 1. The van der Waals surface area contributed by atoms with Crippen molar-refractivity contribution in [3.63, 3.8) is 0 Å². The summed E-state index contributed by atoms with van der Waals surface area (Å²) in [7, 11) is 0. The summed E-state index contributed by atoms with van der Waals surface area (Å²) in [4.78, 5) is 34.4. The number of aliphatic hydroxyl groups excluding tert-OH is 1. The summed E-state index contributed by atoms with van der Waals surface area (Å²) in [6.45, 7) is 3.27. The first kappa shape index (κ1) is 23.0. The van der Waals surface area contributed by atoms with E-state index in [1.54, 1.807) is 38.2 Å². The molecule has 0 spiro atoms. The van der Waals surface area contributed by atoms with Crippen LogP contribution < -0.4 is 10.4 Å². The van der Waals surface area contributed by atoms with Crippen molar-refractivity contribution in [1.29, 1.82) is 0 Å². The third-order valence-electron chi connectivity index (χ3n) is 4.97. The number of aliphatic hydroxyl groups is 1. The van der Waals surface area contributed by atoms with Crippen molar-refractivity contribution >= 4 is 11.5 Å². The van der Waals surface area contributed by atoms with Gasteiger partial charge >= 0.3 is 5.69 Å². The van der Waals surface area contributed by atoms with Crippen LogP contribution in [-0.2, 0) is 17.8 Å². The van der Waals surface area contributed by atoms with Gasteiger partial charge in [0, 0.05) is 30.4 Å².